The van der Waals surface area contributed by atoms with E-state index in [1.807, 2.05) is 24.3 Å². The Morgan fingerprint density at radius 2 is 2.09 bits per heavy atom. The average molecular weight is 328 g/mol. The Morgan fingerprint density at radius 3 is 2.87 bits per heavy atom. The number of aromatic nitrogens is 3. The minimum absolute atomic E-state index is 0.324. The molecule has 0 unspecified atom stereocenters. The fraction of sp³-hybridized carbons (Fsp3) is 0.0625. The van der Waals surface area contributed by atoms with Gasteiger partial charge >= 0.3 is 0 Å². The lowest BCUT2D eigenvalue weighted by Gasteiger charge is -2.06. The van der Waals surface area contributed by atoms with E-state index in [2.05, 4.69) is 15.3 Å². The standard InChI is InChI=1S/C16H13FN4OS/c1-22-14-8-3-2-7-13(14)15-19-20-16(23)21(15)18-10-11-5-4-6-12(17)9-11/h2-10H,1H3,(H,20,23). The summed E-state index contributed by atoms with van der Waals surface area (Å²) in [5.74, 6) is 0.846. The largest absolute Gasteiger partial charge is 0.496 e. The Hall–Kier alpha value is -2.80. The zero-order valence-electron chi connectivity index (χ0n) is 12.2. The van der Waals surface area contributed by atoms with Gasteiger partial charge in [0.15, 0.2) is 5.82 Å². The molecule has 1 N–H and O–H groups in total. The third kappa shape index (κ3) is 3.19. The molecular weight excluding hydrogens is 315 g/mol. The van der Waals surface area contributed by atoms with Crippen LogP contribution in [-0.4, -0.2) is 28.2 Å². The Kier molecular flexibility index (Phi) is 4.29. The molecule has 0 atom stereocenters. The van der Waals surface area contributed by atoms with Crippen LogP contribution >= 0.6 is 12.2 Å². The number of hydrogen-bond acceptors (Lipinski definition) is 4. The van der Waals surface area contributed by atoms with Gasteiger partial charge in [0.05, 0.1) is 18.9 Å². The lowest BCUT2D eigenvalue weighted by Crippen LogP contribution is -1.97. The van der Waals surface area contributed by atoms with Crippen LogP contribution < -0.4 is 4.74 Å². The van der Waals surface area contributed by atoms with Crippen LogP contribution in [0.25, 0.3) is 11.4 Å². The highest BCUT2D eigenvalue weighted by atomic mass is 32.1. The molecule has 0 radical (unpaired) electrons. The minimum Gasteiger partial charge on any atom is -0.496 e. The first kappa shape index (κ1) is 15.1. The van der Waals surface area contributed by atoms with Crippen molar-refractivity contribution in [3.05, 3.63) is 64.7 Å². The van der Waals surface area contributed by atoms with Gasteiger partial charge in [-0.1, -0.05) is 24.3 Å². The van der Waals surface area contributed by atoms with Crippen molar-refractivity contribution in [1.82, 2.24) is 14.9 Å². The molecule has 0 amide bonds. The predicted molar refractivity (Wildman–Crippen MR) is 88.8 cm³/mol. The van der Waals surface area contributed by atoms with Gasteiger partial charge < -0.3 is 4.74 Å². The molecule has 0 spiro atoms. The maximum absolute atomic E-state index is 13.2. The van der Waals surface area contributed by atoms with Gasteiger partial charge in [0.2, 0.25) is 4.77 Å². The third-order valence-electron chi connectivity index (χ3n) is 3.17. The van der Waals surface area contributed by atoms with Gasteiger partial charge in [-0.2, -0.15) is 14.9 Å². The molecule has 0 fully saturated rings. The molecule has 3 aromatic rings. The highest BCUT2D eigenvalue weighted by molar-refractivity contribution is 7.71. The summed E-state index contributed by atoms with van der Waals surface area (Å²) in [4.78, 5) is 0. The minimum atomic E-state index is -0.324. The molecule has 1 heterocycles. The second-order valence-electron chi connectivity index (χ2n) is 4.66. The number of rotatable bonds is 4. The van der Waals surface area contributed by atoms with Crippen LogP contribution in [0.2, 0.25) is 0 Å². The highest BCUT2D eigenvalue weighted by Gasteiger charge is 2.12. The number of aromatic amines is 1. The summed E-state index contributed by atoms with van der Waals surface area (Å²) in [6.07, 6.45) is 1.52. The monoisotopic (exact) mass is 328 g/mol. The highest BCUT2D eigenvalue weighted by Crippen LogP contribution is 2.27. The lowest BCUT2D eigenvalue weighted by molar-refractivity contribution is 0.416. The zero-order chi connectivity index (χ0) is 16.2. The number of nitrogens with zero attached hydrogens (tertiary/aromatic N) is 3. The zero-order valence-corrected chi connectivity index (χ0v) is 13.0. The summed E-state index contributed by atoms with van der Waals surface area (Å²) in [6.45, 7) is 0. The molecule has 3 rings (SSSR count). The maximum atomic E-state index is 13.2. The second-order valence-corrected chi connectivity index (χ2v) is 5.05. The van der Waals surface area contributed by atoms with Gasteiger partial charge in [0.25, 0.3) is 0 Å². The van der Waals surface area contributed by atoms with Crippen molar-refractivity contribution in [3.8, 4) is 17.1 Å². The molecule has 23 heavy (non-hydrogen) atoms. The van der Waals surface area contributed by atoms with E-state index in [1.165, 1.54) is 23.0 Å². The van der Waals surface area contributed by atoms with E-state index in [0.717, 1.165) is 5.56 Å². The van der Waals surface area contributed by atoms with Crippen LogP contribution in [0, 0.1) is 10.6 Å². The van der Waals surface area contributed by atoms with Crippen molar-refractivity contribution in [1.29, 1.82) is 0 Å². The summed E-state index contributed by atoms with van der Waals surface area (Å²) in [7, 11) is 1.58. The number of nitrogens with one attached hydrogen (secondary N) is 1. The number of methoxy groups -OCH3 is 1. The van der Waals surface area contributed by atoms with E-state index in [0.29, 0.717) is 21.9 Å². The first-order valence-electron chi connectivity index (χ1n) is 6.80. The fourth-order valence-electron chi connectivity index (χ4n) is 2.11. The molecule has 0 bridgehead atoms. The van der Waals surface area contributed by atoms with Crippen LogP contribution in [0.4, 0.5) is 4.39 Å². The molecule has 5 nitrogen and oxygen atoms in total. The summed E-state index contributed by atoms with van der Waals surface area (Å²) >= 11 is 5.21. The number of benzene rings is 2. The van der Waals surface area contributed by atoms with Gasteiger partial charge in [-0.3, -0.25) is 0 Å². The quantitative estimate of drug-likeness (QED) is 0.588. The Labute approximate surface area is 137 Å². The molecule has 0 aliphatic rings. The molecule has 0 aliphatic heterocycles. The topological polar surface area (TPSA) is 55.2 Å². The van der Waals surface area contributed by atoms with Gasteiger partial charge in [0.1, 0.15) is 11.6 Å². The van der Waals surface area contributed by atoms with Gasteiger partial charge in [0, 0.05) is 0 Å². The molecule has 0 aliphatic carbocycles. The number of ether oxygens (including phenoxy) is 1. The van der Waals surface area contributed by atoms with Crippen molar-refractivity contribution in [2.45, 2.75) is 0 Å². The van der Waals surface area contributed by atoms with Crippen LogP contribution in [0.1, 0.15) is 5.56 Å². The Morgan fingerprint density at radius 1 is 1.26 bits per heavy atom. The molecule has 2 aromatic carbocycles. The number of para-hydroxylation sites is 1. The second kappa shape index (κ2) is 6.53. The average Bonchev–Trinajstić information content (AvgIpc) is 2.93. The van der Waals surface area contributed by atoms with Crippen LogP contribution in [0.3, 0.4) is 0 Å². The summed E-state index contributed by atoms with van der Waals surface area (Å²) in [6, 6.07) is 13.6. The van der Waals surface area contributed by atoms with E-state index >= 15 is 0 Å². The Balaban J connectivity index is 2.04. The van der Waals surface area contributed by atoms with Gasteiger partial charge in [-0.15, -0.1) is 0 Å². The van der Waals surface area contributed by atoms with E-state index in [1.54, 1.807) is 19.2 Å². The Bertz CT molecular complexity index is 916. The molecule has 0 saturated heterocycles. The SMILES string of the molecule is COc1ccccc1-c1n[nH]c(=S)n1N=Cc1cccc(F)c1. The van der Waals surface area contributed by atoms with E-state index < -0.39 is 0 Å². The first-order chi connectivity index (χ1) is 11.2. The van der Waals surface area contributed by atoms with Gasteiger partial charge in [-0.05, 0) is 42.0 Å². The molecule has 116 valence electrons. The van der Waals surface area contributed by atoms with E-state index in [9.17, 15) is 4.39 Å². The third-order valence-corrected chi connectivity index (χ3v) is 3.43. The predicted octanol–water partition coefficient (Wildman–Crippen LogP) is 3.64. The number of halogens is 1. The maximum Gasteiger partial charge on any atom is 0.216 e. The van der Waals surface area contributed by atoms with E-state index in [4.69, 9.17) is 17.0 Å². The van der Waals surface area contributed by atoms with Crippen molar-refractivity contribution in [2.75, 3.05) is 7.11 Å². The van der Waals surface area contributed by atoms with Gasteiger partial charge in [-0.25, -0.2) is 9.49 Å². The van der Waals surface area contributed by atoms with Crippen LogP contribution in [0.15, 0.2) is 53.6 Å². The smallest absolute Gasteiger partial charge is 0.216 e. The number of H-pyrrole nitrogens is 1. The van der Waals surface area contributed by atoms with Crippen LogP contribution in [0.5, 0.6) is 5.75 Å². The van der Waals surface area contributed by atoms with E-state index in [-0.39, 0.29) is 5.82 Å². The summed E-state index contributed by atoms with van der Waals surface area (Å²) < 4.78 is 20.4. The molecule has 1 aromatic heterocycles. The van der Waals surface area contributed by atoms with Crippen molar-refractivity contribution in [3.63, 3.8) is 0 Å². The summed E-state index contributed by atoms with van der Waals surface area (Å²) in [5.41, 5.74) is 1.37. The van der Waals surface area contributed by atoms with Crippen molar-refractivity contribution >= 4 is 18.4 Å². The van der Waals surface area contributed by atoms with Crippen molar-refractivity contribution < 1.29 is 9.13 Å². The fourth-order valence-corrected chi connectivity index (χ4v) is 2.29. The molecular formula is C16H13FN4OS. The first-order valence-corrected chi connectivity index (χ1v) is 7.20. The lowest BCUT2D eigenvalue weighted by atomic mass is 10.2. The molecule has 0 saturated carbocycles. The molecule has 7 heteroatoms. The summed E-state index contributed by atoms with van der Waals surface area (Å²) in [5, 5.41) is 11.2. The van der Waals surface area contributed by atoms with Crippen LogP contribution in [-0.2, 0) is 0 Å². The number of hydrogen-bond donors (Lipinski definition) is 1. The van der Waals surface area contributed by atoms with Crippen molar-refractivity contribution in [2.24, 2.45) is 5.10 Å². The normalized spacial score (nSPS) is 11.0.